The highest BCUT2D eigenvalue weighted by Gasteiger charge is 2.52. The summed E-state index contributed by atoms with van der Waals surface area (Å²) in [7, 11) is 0. The van der Waals surface area contributed by atoms with E-state index in [1.54, 1.807) is 0 Å². The molecule has 0 radical (unpaired) electrons. The number of fused-ring (bicyclic) bond motifs is 32. The Hall–Kier alpha value is -18.9. The van der Waals surface area contributed by atoms with E-state index < -0.39 is 0 Å². The van der Waals surface area contributed by atoms with Gasteiger partial charge in [-0.25, -0.2) is 0 Å². The van der Waals surface area contributed by atoms with Crippen LogP contribution in [0.1, 0.15) is 0 Å². The molecule has 0 spiro atoms. The largest absolute Gasteiger partial charge is 0.311 e. The van der Waals surface area contributed by atoms with Gasteiger partial charge in [-0.05, 0) is 277 Å². The first kappa shape index (κ1) is 78.8. The second-order valence-electron chi connectivity index (χ2n) is 40.3. The Bertz CT molecular complexity index is 10100. The molecule has 0 fully saturated rings. The first-order chi connectivity index (χ1) is 72.6. The molecule has 10 nitrogen and oxygen atoms in total. The SMILES string of the molecule is c1ccc(N2c3ccccc3B3c4c2cccc4N(c2ccccc2)c2ccc4c(c23)c2cc3c(c5c6ccccc6n4c25)N(c2ccc(-c4ccc(N5c6ccccc6B6c7ccc8c(c7N(c7ccccc7)c7cccc5c76)c5cc6c(c7c9ccccc9n8c57)N(c5ccccc5)c5cccc7c5B6c5ccccc5N7c5ccccc5)cc4)cc2)c2cccc4c2B3c2ccccc2N4c2ccccc2)cc1. The summed E-state index contributed by atoms with van der Waals surface area (Å²) in [6.45, 7) is -0.527. The first-order valence-electron chi connectivity index (χ1n) is 50.9. The van der Waals surface area contributed by atoms with Crippen molar-refractivity contribution in [3.8, 4) is 11.1 Å². The summed E-state index contributed by atoms with van der Waals surface area (Å²) in [6, 6.07) is 184. The predicted octanol–water partition coefficient (Wildman–Crippen LogP) is 26.0. The second kappa shape index (κ2) is 29.4. The van der Waals surface area contributed by atoms with Crippen molar-refractivity contribution in [2.75, 3.05) is 39.2 Å². The van der Waals surface area contributed by atoms with Gasteiger partial charge in [0.15, 0.2) is 0 Å². The summed E-state index contributed by atoms with van der Waals surface area (Å²) >= 11 is 0. The van der Waals surface area contributed by atoms with E-state index in [2.05, 4.69) is 533 Å². The van der Waals surface area contributed by atoms with Crippen LogP contribution in [-0.4, -0.2) is 35.7 Å². The van der Waals surface area contributed by atoms with Crippen molar-refractivity contribution in [1.29, 1.82) is 0 Å². The van der Waals surface area contributed by atoms with Gasteiger partial charge in [-0.1, -0.05) is 285 Å². The van der Waals surface area contributed by atoms with E-state index >= 15 is 0 Å². The topological polar surface area (TPSA) is 34.7 Å². The highest BCUT2D eigenvalue weighted by Crippen LogP contribution is 2.58. The quantitative estimate of drug-likeness (QED) is 0.132. The van der Waals surface area contributed by atoms with Gasteiger partial charge in [0.2, 0.25) is 0 Å². The molecule has 0 saturated heterocycles. The second-order valence-corrected chi connectivity index (χ2v) is 40.3. The molecule has 8 aliphatic heterocycles. The minimum atomic E-state index is -0.159. The Kier molecular flexibility index (Phi) is 15.9. The van der Waals surface area contributed by atoms with Crippen LogP contribution in [0.4, 0.5) is 136 Å². The van der Waals surface area contributed by atoms with Crippen molar-refractivity contribution in [1.82, 2.24) is 8.80 Å². The van der Waals surface area contributed by atoms with Crippen molar-refractivity contribution in [2.24, 2.45) is 0 Å². The van der Waals surface area contributed by atoms with Crippen LogP contribution in [0.15, 0.2) is 485 Å². The monoisotopic (exact) mass is 1850 g/mol. The van der Waals surface area contributed by atoms with Gasteiger partial charge in [0.05, 0.1) is 50.2 Å². The van der Waals surface area contributed by atoms with Gasteiger partial charge in [0.1, 0.15) is 0 Å². The van der Waals surface area contributed by atoms with Crippen LogP contribution in [0.2, 0.25) is 0 Å². The summed E-state index contributed by atoms with van der Waals surface area (Å²) in [5.74, 6) is 0. The average molecular weight is 1850 g/mol. The zero-order valence-electron chi connectivity index (χ0n) is 79.0. The number of para-hydroxylation sites is 12. The van der Waals surface area contributed by atoms with Crippen molar-refractivity contribution in [3.63, 3.8) is 0 Å². The third-order valence-electron chi connectivity index (χ3n) is 33.4. The lowest BCUT2D eigenvalue weighted by molar-refractivity contribution is 1.25. The normalized spacial score (nSPS) is 14.0. The molecule has 0 N–H and O–H groups in total. The highest BCUT2D eigenvalue weighted by molar-refractivity contribution is 7.04. The van der Waals surface area contributed by atoms with Gasteiger partial charge in [-0.2, -0.15) is 0 Å². The van der Waals surface area contributed by atoms with Gasteiger partial charge >= 0.3 is 0 Å². The fourth-order valence-electron chi connectivity index (χ4n) is 28.0. The number of anilines is 24. The highest BCUT2D eigenvalue weighted by atomic mass is 15.2. The molecule has 22 aromatic carbocycles. The van der Waals surface area contributed by atoms with E-state index in [0.29, 0.717) is 0 Å². The van der Waals surface area contributed by atoms with E-state index in [9.17, 15) is 0 Å². The molecule has 0 atom stereocenters. The summed E-state index contributed by atoms with van der Waals surface area (Å²) in [6.07, 6.45) is 0. The lowest BCUT2D eigenvalue weighted by Gasteiger charge is -2.44. The predicted molar refractivity (Wildman–Crippen MR) is 617 cm³/mol. The number of nitrogens with zero attached hydrogens (tertiary/aromatic N) is 10. The van der Waals surface area contributed by atoms with Gasteiger partial charge in [0.25, 0.3) is 26.9 Å². The Morgan fingerprint density at radius 1 is 0.137 bits per heavy atom. The molecule has 670 valence electrons. The fourth-order valence-corrected chi connectivity index (χ4v) is 28.0. The van der Waals surface area contributed by atoms with Crippen LogP contribution in [0.3, 0.4) is 0 Å². The lowest BCUT2D eigenvalue weighted by atomic mass is 9.32. The molecule has 0 saturated carbocycles. The summed E-state index contributed by atoms with van der Waals surface area (Å²) in [5.41, 5.74) is 52.8. The number of hydrogen-bond acceptors (Lipinski definition) is 8. The zero-order valence-corrected chi connectivity index (χ0v) is 79.0. The smallest absolute Gasteiger partial charge is 0.253 e. The third kappa shape index (κ3) is 10.3. The van der Waals surface area contributed by atoms with E-state index in [1.807, 2.05) is 0 Å². The van der Waals surface area contributed by atoms with Crippen molar-refractivity contribution >= 4 is 305 Å². The van der Waals surface area contributed by atoms with Gasteiger partial charge < -0.3 is 48.0 Å². The van der Waals surface area contributed by atoms with E-state index in [0.717, 1.165) is 68.0 Å². The molecule has 0 unspecified atom stereocenters. The standard InChI is InChI=1S/C132H80B4N10/c1-7-35-83(36-8-1)137-106-57-29-23-51-97(106)135-101-80-94-120-109(146-103-54-26-20-48-92(103)122(129(94)146)131(101)143(88-45-17-6-18-46-88)116-65-33-60-111(137)124(116)135)76-75-99-130(120)142(87-43-15-5-16-44-87)115-64-32-59-110-123(115)133(99)95-49-21-27-55-104(95)140(110)89-71-67-81(68-72-89)82-69-73-90(74-70-82)144-117-66-34-61-112-125(117)134(96-50-22-28-56-105(96)138(112)84-37-9-2-10-38-84)100-79-93-119-108(145-102-53-25-19-47-91(102)121(128(93)145)132(100)144)77-78-118-127(119)136-98-52-24-30-58-107(98)139(85-39-11-3-12-40-85)113-62-31-63-114(126(113)136)141(118)86-41-13-4-14-42-86/h1-80H. The number of rotatable bonds is 9. The molecular formula is C132H80B4N10. The number of benzene rings is 22. The molecule has 0 aliphatic carbocycles. The first-order valence-corrected chi connectivity index (χ1v) is 50.9. The molecule has 8 aliphatic rings. The Morgan fingerprint density at radius 2 is 0.390 bits per heavy atom. The van der Waals surface area contributed by atoms with Crippen LogP contribution < -0.4 is 105 Å². The van der Waals surface area contributed by atoms with Crippen LogP contribution in [0.5, 0.6) is 0 Å². The molecule has 14 heteroatoms. The number of hydrogen-bond donors (Lipinski definition) is 0. The minimum Gasteiger partial charge on any atom is -0.311 e. The third-order valence-corrected chi connectivity index (χ3v) is 33.4. The maximum Gasteiger partial charge on any atom is 0.253 e. The summed E-state index contributed by atoms with van der Waals surface area (Å²) in [5, 5.41) is 9.97. The van der Waals surface area contributed by atoms with Gasteiger partial charge in [0, 0.05) is 163 Å². The molecule has 12 heterocycles. The van der Waals surface area contributed by atoms with Crippen molar-refractivity contribution < 1.29 is 0 Å². The Morgan fingerprint density at radius 3 is 0.767 bits per heavy atom. The van der Waals surface area contributed by atoms with Crippen LogP contribution in [0.25, 0.3) is 87.3 Å². The number of aromatic nitrogens is 2. The average Bonchev–Trinajstić information content (AvgIpc) is 1.48. The molecule has 26 aromatic rings. The van der Waals surface area contributed by atoms with Crippen LogP contribution in [0, 0.1) is 0 Å². The molecule has 0 amide bonds. The minimum absolute atomic E-state index is 0.109. The summed E-state index contributed by atoms with van der Waals surface area (Å²) in [4.78, 5) is 20.5. The van der Waals surface area contributed by atoms with E-state index in [-0.39, 0.29) is 26.9 Å². The Labute approximate surface area is 843 Å². The van der Waals surface area contributed by atoms with Crippen molar-refractivity contribution in [3.05, 3.63) is 485 Å². The van der Waals surface area contributed by atoms with Crippen LogP contribution >= 0.6 is 0 Å². The maximum atomic E-state index is 2.67. The maximum absolute atomic E-state index is 2.67. The zero-order chi connectivity index (χ0) is 94.7. The fraction of sp³-hybridized carbons (Fsp3) is 0. The molecule has 146 heavy (non-hydrogen) atoms. The molecule has 0 bridgehead atoms. The lowest BCUT2D eigenvalue weighted by Crippen LogP contribution is -2.61. The Balaban J connectivity index is 0.541. The van der Waals surface area contributed by atoms with E-state index in [4.69, 9.17) is 0 Å². The molecular weight excluding hydrogens is 1770 g/mol. The van der Waals surface area contributed by atoms with Crippen LogP contribution in [-0.2, 0) is 0 Å². The van der Waals surface area contributed by atoms with Gasteiger partial charge in [-0.3, -0.25) is 0 Å². The molecule has 4 aromatic heterocycles. The van der Waals surface area contributed by atoms with E-state index in [1.165, 1.54) is 221 Å². The van der Waals surface area contributed by atoms with Gasteiger partial charge in [-0.15, -0.1) is 0 Å². The summed E-state index contributed by atoms with van der Waals surface area (Å²) < 4.78 is 5.26. The molecule has 34 rings (SSSR count). The van der Waals surface area contributed by atoms with Crippen molar-refractivity contribution in [2.45, 2.75) is 0 Å².